The first kappa shape index (κ1) is 22.8. The minimum Gasteiger partial charge on any atom is -0.273 e. The normalized spacial score (nSPS) is 15.2. The Labute approximate surface area is 201 Å². The van der Waals surface area contributed by atoms with Crippen molar-refractivity contribution < 1.29 is 14.4 Å². The number of urea groups is 1. The summed E-state index contributed by atoms with van der Waals surface area (Å²) in [5, 5.41) is 3.38. The zero-order valence-corrected chi connectivity index (χ0v) is 19.5. The molecule has 0 aliphatic carbocycles. The van der Waals surface area contributed by atoms with Gasteiger partial charge in [0.15, 0.2) is 0 Å². The Bertz CT molecular complexity index is 1330. The van der Waals surface area contributed by atoms with Gasteiger partial charge >= 0.3 is 6.03 Å². The molecule has 3 aromatic carbocycles. The number of benzene rings is 3. The van der Waals surface area contributed by atoms with Crippen molar-refractivity contribution in [1.29, 1.82) is 0 Å². The zero-order chi connectivity index (χ0) is 23.7. The number of aryl methyl sites for hydroxylation is 2. The van der Waals surface area contributed by atoms with Gasteiger partial charge in [0.25, 0.3) is 11.8 Å². The lowest BCUT2D eigenvalue weighted by Gasteiger charge is -2.27. The highest BCUT2D eigenvalue weighted by atomic mass is 35.5. The van der Waals surface area contributed by atoms with E-state index in [1.54, 1.807) is 31.2 Å². The third kappa shape index (κ3) is 4.70. The summed E-state index contributed by atoms with van der Waals surface area (Å²) in [6.07, 6.45) is 1.98. The number of imide groups is 2. The first-order valence-corrected chi connectivity index (χ1v) is 11.0. The highest BCUT2D eigenvalue weighted by Gasteiger charge is 2.37. The molecule has 1 fully saturated rings. The van der Waals surface area contributed by atoms with E-state index in [2.05, 4.69) is 5.32 Å². The predicted molar refractivity (Wildman–Crippen MR) is 131 cm³/mol. The molecule has 1 aliphatic rings. The van der Waals surface area contributed by atoms with Crippen molar-refractivity contribution in [3.8, 4) is 0 Å². The second kappa shape index (κ2) is 9.22. The highest BCUT2D eigenvalue weighted by Crippen LogP contribution is 2.28. The molecular formula is C26H20Cl2N2O3. The molecule has 33 heavy (non-hydrogen) atoms. The molecule has 1 saturated heterocycles. The minimum absolute atomic E-state index is 0.149. The van der Waals surface area contributed by atoms with E-state index in [1.165, 1.54) is 6.08 Å². The summed E-state index contributed by atoms with van der Waals surface area (Å²) in [4.78, 5) is 39.1. The summed E-state index contributed by atoms with van der Waals surface area (Å²) in [5.74, 6) is -1.44. The van der Waals surface area contributed by atoms with Crippen LogP contribution in [0.3, 0.4) is 0 Å². The maximum atomic E-state index is 13.1. The maximum absolute atomic E-state index is 13.1. The lowest BCUT2D eigenvalue weighted by molar-refractivity contribution is -0.122. The number of hydrogen-bond acceptors (Lipinski definition) is 3. The van der Waals surface area contributed by atoms with Gasteiger partial charge in [0.1, 0.15) is 5.57 Å². The number of anilines is 1. The Morgan fingerprint density at radius 3 is 2.30 bits per heavy atom. The van der Waals surface area contributed by atoms with Crippen molar-refractivity contribution in [2.45, 2.75) is 20.3 Å². The van der Waals surface area contributed by atoms with Gasteiger partial charge in [-0.25, -0.2) is 9.69 Å². The standard InChI is InChI=1S/C26H20Cl2N2O3/c1-15-7-10-23(16(2)11-15)30-25(32)20(24(31)29-26(30)33)12-17-8-9-19(22(28)13-17)14-18-5-3-4-6-21(18)27/h3-13H,14H2,1-2H3,(H,29,31,33)/b20-12+. The lowest BCUT2D eigenvalue weighted by atomic mass is 10.0. The second-order valence-electron chi connectivity index (χ2n) is 7.87. The molecule has 0 aromatic heterocycles. The van der Waals surface area contributed by atoms with Crippen molar-refractivity contribution in [2.75, 3.05) is 4.90 Å². The molecule has 0 saturated carbocycles. The fourth-order valence-corrected chi connectivity index (χ4v) is 4.20. The van der Waals surface area contributed by atoms with Gasteiger partial charge in [0, 0.05) is 16.5 Å². The summed E-state index contributed by atoms with van der Waals surface area (Å²) >= 11 is 12.7. The first-order chi connectivity index (χ1) is 15.7. The van der Waals surface area contributed by atoms with Crippen LogP contribution in [0.25, 0.3) is 6.08 Å². The van der Waals surface area contributed by atoms with Crippen LogP contribution in [0.2, 0.25) is 10.0 Å². The van der Waals surface area contributed by atoms with Gasteiger partial charge < -0.3 is 0 Å². The van der Waals surface area contributed by atoms with E-state index in [4.69, 9.17) is 23.2 Å². The maximum Gasteiger partial charge on any atom is 0.335 e. The van der Waals surface area contributed by atoms with Crippen LogP contribution in [0.5, 0.6) is 0 Å². The topological polar surface area (TPSA) is 66.5 Å². The third-order valence-electron chi connectivity index (χ3n) is 5.42. The van der Waals surface area contributed by atoms with Crippen LogP contribution in [0.4, 0.5) is 10.5 Å². The quantitative estimate of drug-likeness (QED) is 0.376. The predicted octanol–water partition coefficient (Wildman–Crippen LogP) is 5.87. The Morgan fingerprint density at radius 1 is 0.879 bits per heavy atom. The molecule has 0 bridgehead atoms. The molecular weight excluding hydrogens is 459 g/mol. The Morgan fingerprint density at radius 2 is 1.61 bits per heavy atom. The van der Waals surface area contributed by atoms with Gasteiger partial charge in [-0.3, -0.25) is 14.9 Å². The average molecular weight is 479 g/mol. The molecule has 7 heteroatoms. The van der Waals surface area contributed by atoms with E-state index in [1.807, 2.05) is 43.3 Å². The number of carbonyl (C=O) groups excluding carboxylic acids is 3. The summed E-state index contributed by atoms with van der Waals surface area (Å²) in [6.45, 7) is 3.73. The number of carbonyl (C=O) groups is 3. The molecule has 1 N–H and O–H groups in total. The molecule has 0 unspecified atom stereocenters. The van der Waals surface area contributed by atoms with E-state index in [0.717, 1.165) is 27.2 Å². The van der Waals surface area contributed by atoms with Gasteiger partial charge in [-0.05, 0) is 60.4 Å². The van der Waals surface area contributed by atoms with Crippen molar-refractivity contribution in [3.05, 3.63) is 104 Å². The monoisotopic (exact) mass is 478 g/mol. The second-order valence-corrected chi connectivity index (χ2v) is 8.68. The number of nitrogens with one attached hydrogen (secondary N) is 1. The van der Waals surface area contributed by atoms with E-state index in [9.17, 15) is 14.4 Å². The van der Waals surface area contributed by atoms with Crippen LogP contribution >= 0.6 is 23.2 Å². The van der Waals surface area contributed by atoms with Gasteiger partial charge in [-0.1, -0.05) is 71.2 Å². The summed E-state index contributed by atoms with van der Waals surface area (Å²) in [6, 6.07) is 17.4. The molecule has 4 amide bonds. The van der Waals surface area contributed by atoms with E-state index < -0.39 is 17.8 Å². The van der Waals surface area contributed by atoms with Crippen LogP contribution in [0.15, 0.2) is 66.2 Å². The van der Waals surface area contributed by atoms with Crippen molar-refractivity contribution >= 4 is 52.8 Å². The number of barbiturate groups is 1. The molecule has 4 rings (SSSR count). The molecule has 0 spiro atoms. The first-order valence-electron chi connectivity index (χ1n) is 10.2. The smallest absolute Gasteiger partial charge is 0.273 e. The molecule has 0 radical (unpaired) electrons. The number of nitrogens with zero attached hydrogens (tertiary/aromatic N) is 1. The summed E-state index contributed by atoms with van der Waals surface area (Å²) < 4.78 is 0. The van der Waals surface area contributed by atoms with Crippen molar-refractivity contribution in [1.82, 2.24) is 5.32 Å². The fourth-order valence-electron chi connectivity index (χ4n) is 3.74. The van der Waals surface area contributed by atoms with Gasteiger partial charge in [0.05, 0.1) is 5.69 Å². The largest absolute Gasteiger partial charge is 0.335 e. The molecule has 166 valence electrons. The zero-order valence-electron chi connectivity index (χ0n) is 18.0. The van der Waals surface area contributed by atoms with Crippen LogP contribution in [0.1, 0.15) is 27.8 Å². The number of rotatable bonds is 4. The molecule has 0 atom stereocenters. The Hall–Kier alpha value is -3.41. The number of hydrogen-bond donors (Lipinski definition) is 1. The van der Waals surface area contributed by atoms with Crippen LogP contribution in [-0.4, -0.2) is 17.8 Å². The van der Waals surface area contributed by atoms with E-state index in [0.29, 0.717) is 27.7 Å². The molecule has 3 aromatic rings. The fraction of sp³-hybridized carbons (Fsp3) is 0.115. The van der Waals surface area contributed by atoms with Gasteiger partial charge in [0.2, 0.25) is 0 Å². The average Bonchev–Trinajstić information content (AvgIpc) is 2.76. The number of halogens is 2. The number of amides is 4. The molecule has 1 heterocycles. The van der Waals surface area contributed by atoms with E-state index in [-0.39, 0.29) is 5.57 Å². The SMILES string of the molecule is Cc1ccc(N2C(=O)NC(=O)/C(=C\c3ccc(Cc4ccccc4Cl)c(Cl)c3)C2=O)c(C)c1. The summed E-state index contributed by atoms with van der Waals surface area (Å²) in [5.41, 5.74) is 4.39. The minimum atomic E-state index is -0.776. The van der Waals surface area contributed by atoms with E-state index >= 15 is 0 Å². The van der Waals surface area contributed by atoms with Crippen LogP contribution in [0, 0.1) is 13.8 Å². The summed E-state index contributed by atoms with van der Waals surface area (Å²) in [7, 11) is 0. The van der Waals surface area contributed by atoms with Crippen molar-refractivity contribution in [3.63, 3.8) is 0 Å². The molecule has 1 aliphatic heterocycles. The Kier molecular flexibility index (Phi) is 6.36. The lowest BCUT2D eigenvalue weighted by Crippen LogP contribution is -2.54. The van der Waals surface area contributed by atoms with Crippen LogP contribution in [-0.2, 0) is 16.0 Å². The molecule has 5 nitrogen and oxygen atoms in total. The third-order valence-corrected chi connectivity index (χ3v) is 6.14. The van der Waals surface area contributed by atoms with Crippen LogP contribution < -0.4 is 10.2 Å². The van der Waals surface area contributed by atoms with Crippen molar-refractivity contribution in [2.24, 2.45) is 0 Å². The highest BCUT2D eigenvalue weighted by molar-refractivity contribution is 6.39. The Balaban J connectivity index is 1.65. The van der Waals surface area contributed by atoms with Gasteiger partial charge in [-0.2, -0.15) is 0 Å². The van der Waals surface area contributed by atoms with Gasteiger partial charge in [-0.15, -0.1) is 0 Å².